The van der Waals surface area contributed by atoms with Crippen LogP contribution in [-0.4, -0.2) is 31.5 Å². The molecule has 0 heterocycles. The summed E-state index contributed by atoms with van der Waals surface area (Å²) in [6, 6.07) is 16.1. The predicted octanol–water partition coefficient (Wildman–Crippen LogP) is 2.84. The Morgan fingerprint density at radius 1 is 1.18 bits per heavy atom. The zero-order valence-corrected chi connectivity index (χ0v) is 13.2. The molecule has 0 fully saturated rings. The molecule has 0 aromatic heterocycles. The highest BCUT2D eigenvalue weighted by molar-refractivity contribution is 5.78. The van der Waals surface area contributed by atoms with Crippen molar-refractivity contribution < 1.29 is 9.53 Å². The largest absolute Gasteiger partial charge is 0.496 e. The average molecular weight is 298 g/mol. The van der Waals surface area contributed by atoms with Crippen LogP contribution in [0.2, 0.25) is 0 Å². The molecule has 2 aromatic rings. The van der Waals surface area contributed by atoms with Crippen LogP contribution in [0.25, 0.3) is 11.1 Å². The van der Waals surface area contributed by atoms with E-state index in [0.29, 0.717) is 0 Å². The van der Waals surface area contributed by atoms with Crippen LogP contribution in [0.5, 0.6) is 5.75 Å². The Labute approximate surface area is 131 Å². The van der Waals surface area contributed by atoms with Crippen LogP contribution in [0, 0.1) is 0 Å². The van der Waals surface area contributed by atoms with Crippen molar-refractivity contribution in [3.63, 3.8) is 0 Å². The Morgan fingerprint density at radius 3 is 2.41 bits per heavy atom. The number of carbonyl (C=O) groups is 1. The lowest BCUT2D eigenvalue weighted by molar-refractivity contribution is -0.130. The molecule has 116 valence electrons. The first-order valence-electron chi connectivity index (χ1n) is 7.27. The van der Waals surface area contributed by atoms with E-state index in [1.165, 1.54) is 0 Å². The fourth-order valence-electron chi connectivity index (χ4n) is 2.41. The molecule has 0 aliphatic carbocycles. The first kappa shape index (κ1) is 16.0. The Hall–Kier alpha value is -2.33. The third kappa shape index (κ3) is 3.28. The monoisotopic (exact) mass is 298 g/mol. The molecule has 2 aromatic carbocycles. The molecular formula is C18H22N2O2. The van der Waals surface area contributed by atoms with Gasteiger partial charge in [-0.1, -0.05) is 42.5 Å². The average Bonchev–Trinajstić information content (AvgIpc) is 2.59. The van der Waals surface area contributed by atoms with Gasteiger partial charge in [0.15, 0.2) is 0 Å². The summed E-state index contributed by atoms with van der Waals surface area (Å²) in [5, 5.41) is 0. The van der Waals surface area contributed by atoms with Crippen molar-refractivity contribution >= 4 is 5.91 Å². The molecular weight excluding hydrogens is 276 g/mol. The number of nitrogens with two attached hydrogens (primary N) is 1. The maximum absolute atomic E-state index is 11.7. The molecule has 2 rings (SSSR count). The van der Waals surface area contributed by atoms with Crippen molar-refractivity contribution in [1.29, 1.82) is 0 Å². The number of likely N-dealkylation sites (N-methyl/N-ethyl adjacent to an activating group) is 1. The van der Waals surface area contributed by atoms with Crippen molar-refractivity contribution in [3.05, 3.63) is 54.1 Å². The lowest BCUT2D eigenvalue weighted by Gasteiger charge is -2.25. The van der Waals surface area contributed by atoms with Crippen LogP contribution in [0.1, 0.15) is 18.5 Å². The molecule has 0 radical (unpaired) electrons. The predicted molar refractivity (Wildman–Crippen MR) is 88.7 cm³/mol. The van der Waals surface area contributed by atoms with Crippen molar-refractivity contribution in [3.8, 4) is 16.9 Å². The maximum atomic E-state index is 11.7. The minimum Gasteiger partial charge on any atom is -0.496 e. The SMILES string of the molecule is COc1ccccc1-c1ccc(C(C)N(C)C(=O)CN)cc1. The van der Waals surface area contributed by atoms with Crippen molar-refractivity contribution in [2.75, 3.05) is 20.7 Å². The highest BCUT2D eigenvalue weighted by atomic mass is 16.5. The van der Waals surface area contributed by atoms with Crippen LogP contribution in [0.3, 0.4) is 0 Å². The van der Waals surface area contributed by atoms with Crippen LogP contribution in [0.15, 0.2) is 48.5 Å². The van der Waals surface area contributed by atoms with Gasteiger partial charge < -0.3 is 15.4 Å². The number of para-hydroxylation sites is 1. The molecule has 22 heavy (non-hydrogen) atoms. The molecule has 0 aliphatic rings. The highest BCUT2D eigenvalue weighted by Gasteiger charge is 2.16. The second kappa shape index (κ2) is 7.09. The smallest absolute Gasteiger partial charge is 0.236 e. The van der Waals surface area contributed by atoms with E-state index in [-0.39, 0.29) is 18.5 Å². The van der Waals surface area contributed by atoms with Gasteiger partial charge in [0.05, 0.1) is 19.7 Å². The summed E-state index contributed by atoms with van der Waals surface area (Å²) in [6.07, 6.45) is 0. The lowest BCUT2D eigenvalue weighted by atomic mass is 10.00. The quantitative estimate of drug-likeness (QED) is 0.923. The number of methoxy groups -OCH3 is 1. The van der Waals surface area contributed by atoms with Gasteiger partial charge in [-0.25, -0.2) is 0 Å². The molecule has 0 saturated heterocycles. The highest BCUT2D eigenvalue weighted by Crippen LogP contribution is 2.30. The molecule has 0 aliphatic heterocycles. The van der Waals surface area contributed by atoms with Gasteiger partial charge in [0.1, 0.15) is 5.75 Å². The van der Waals surface area contributed by atoms with Gasteiger partial charge in [-0.15, -0.1) is 0 Å². The molecule has 4 heteroatoms. The zero-order valence-electron chi connectivity index (χ0n) is 13.2. The van der Waals surface area contributed by atoms with Crippen molar-refractivity contribution in [2.24, 2.45) is 5.73 Å². The van der Waals surface area contributed by atoms with Crippen LogP contribution in [0.4, 0.5) is 0 Å². The molecule has 1 unspecified atom stereocenters. The number of ether oxygens (including phenoxy) is 1. The van der Waals surface area contributed by atoms with Gasteiger partial charge in [0.25, 0.3) is 0 Å². The summed E-state index contributed by atoms with van der Waals surface area (Å²) in [7, 11) is 3.44. The zero-order chi connectivity index (χ0) is 16.1. The van der Waals surface area contributed by atoms with E-state index >= 15 is 0 Å². The summed E-state index contributed by atoms with van der Waals surface area (Å²) < 4.78 is 5.39. The van der Waals surface area contributed by atoms with Gasteiger partial charge in [-0.3, -0.25) is 4.79 Å². The summed E-state index contributed by atoms with van der Waals surface area (Å²) in [5.74, 6) is 0.778. The second-order valence-corrected chi connectivity index (χ2v) is 5.21. The summed E-state index contributed by atoms with van der Waals surface area (Å²) in [6.45, 7) is 2.02. The second-order valence-electron chi connectivity index (χ2n) is 5.21. The number of hydrogen-bond donors (Lipinski definition) is 1. The first-order valence-corrected chi connectivity index (χ1v) is 7.27. The van der Waals surface area contributed by atoms with Crippen molar-refractivity contribution in [1.82, 2.24) is 4.90 Å². The molecule has 0 saturated carbocycles. The van der Waals surface area contributed by atoms with Crippen LogP contribution >= 0.6 is 0 Å². The molecule has 2 N–H and O–H groups in total. The van der Waals surface area contributed by atoms with E-state index in [2.05, 4.69) is 0 Å². The van der Waals surface area contributed by atoms with Gasteiger partial charge in [-0.05, 0) is 24.1 Å². The standard InChI is InChI=1S/C18H22N2O2/c1-13(20(2)18(21)12-19)14-8-10-15(11-9-14)16-6-4-5-7-17(16)22-3/h4-11,13H,12,19H2,1-3H3. The van der Waals surface area contributed by atoms with E-state index in [1.807, 2.05) is 55.5 Å². The number of carbonyl (C=O) groups excluding carboxylic acids is 1. The van der Waals surface area contributed by atoms with E-state index in [0.717, 1.165) is 22.4 Å². The van der Waals surface area contributed by atoms with Gasteiger partial charge in [0.2, 0.25) is 5.91 Å². The molecule has 1 atom stereocenters. The minimum atomic E-state index is -0.0682. The van der Waals surface area contributed by atoms with Crippen molar-refractivity contribution in [2.45, 2.75) is 13.0 Å². The number of rotatable bonds is 5. The third-order valence-electron chi connectivity index (χ3n) is 3.96. The summed E-state index contributed by atoms with van der Waals surface area (Å²) in [4.78, 5) is 13.3. The van der Waals surface area contributed by atoms with Crippen LogP contribution in [-0.2, 0) is 4.79 Å². The van der Waals surface area contributed by atoms with E-state index in [4.69, 9.17) is 10.5 Å². The molecule has 0 spiro atoms. The Kier molecular flexibility index (Phi) is 5.17. The molecule has 4 nitrogen and oxygen atoms in total. The van der Waals surface area contributed by atoms with Gasteiger partial charge in [-0.2, -0.15) is 0 Å². The Balaban J connectivity index is 2.25. The van der Waals surface area contributed by atoms with Crippen LogP contribution < -0.4 is 10.5 Å². The lowest BCUT2D eigenvalue weighted by Crippen LogP contribution is -2.34. The van der Waals surface area contributed by atoms with E-state index in [9.17, 15) is 4.79 Å². The third-order valence-corrected chi connectivity index (χ3v) is 3.96. The Morgan fingerprint density at radius 2 is 1.82 bits per heavy atom. The van der Waals surface area contributed by atoms with Gasteiger partial charge in [0, 0.05) is 12.6 Å². The molecule has 1 amide bonds. The van der Waals surface area contributed by atoms with Gasteiger partial charge >= 0.3 is 0 Å². The minimum absolute atomic E-state index is 0.0113. The summed E-state index contributed by atoms with van der Waals surface area (Å²) >= 11 is 0. The number of amides is 1. The normalized spacial score (nSPS) is 11.8. The number of benzene rings is 2. The summed E-state index contributed by atoms with van der Waals surface area (Å²) in [5.41, 5.74) is 8.62. The Bertz CT molecular complexity index is 638. The fourth-order valence-corrected chi connectivity index (χ4v) is 2.41. The van der Waals surface area contributed by atoms with E-state index in [1.54, 1.807) is 19.1 Å². The first-order chi connectivity index (χ1) is 10.6. The number of nitrogens with zero attached hydrogens (tertiary/aromatic N) is 1. The number of hydrogen-bond acceptors (Lipinski definition) is 3. The topological polar surface area (TPSA) is 55.6 Å². The fraction of sp³-hybridized carbons (Fsp3) is 0.278. The van der Waals surface area contributed by atoms with E-state index < -0.39 is 0 Å². The molecule has 0 bridgehead atoms. The maximum Gasteiger partial charge on any atom is 0.236 e.